The number of unbranched alkanes of at least 4 members (excludes halogenated alkanes) is 9. The maximum Gasteiger partial charge on any atom is 0.335 e. The van der Waals surface area contributed by atoms with E-state index in [-0.39, 0.29) is 6.61 Å². The standard InChI is InChI=1S/C19H30O2.C3H8O2/c1-2-3-4-5-6-7-8-9-10-11-14-17-15-12-13-16-18(17)19(20)21;1-3(5)2-4/h12-13,15-16H,2-11,14H2,1H3,(H,20,21);3-5H,2H2,1H3. The van der Waals surface area contributed by atoms with Gasteiger partial charge in [-0.3, -0.25) is 0 Å². The topological polar surface area (TPSA) is 77.8 Å². The van der Waals surface area contributed by atoms with Gasteiger partial charge in [0.25, 0.3) is 0 Å². The molecule has 0 fully saturated rings. The summed E-state index contributed by atoms with van der Waals surface area (Å²) in [5.74, 6) is -0.808. The maximum absolute atomic E-state index is 11.1. The number of hydrogen-bond donors (Lipinski definition) is 3. The monoisotopic (exact) mass is 366 g/mol. The fourth-order valence-electron chi connectivity index (χ4n) is 2.75. The van der Waals surface area contributed by atoms with E-state index in [0.29, 0.717) is 5.56 Å². The highest BCUT2D eigenvalue weighted by Crippen LogP contribution is 2.15. The molecule has 150 valence electrons. The molecule has 0 heterocycles. The number of carboxylic acids is 1. The van der Waals surface area contributed by atoms with Crippen molar-refractivity contribution in [3.63, 3.8) is 0 Å². The molecule has 0 amide bonds. The normalized spacial score (nSPS) is 11.5. The summed E-state index contributed by atoms with van der Waals surface area (Å²) in [6.07, 6.45) is 13.5. The van der Waals surface area contributed by atoms with Crippen LogP contribution in [0.5, 0.6) is 0 Å². The molecule has 0 aliphatic carbocycles. The van der Waals surface area contributed by atoms with E-state index in [1.54, 1.807) is 12.1 Å². The number of carbonyl (C=O) groups is 1. The molecule has 4 nitrogen and oxygen atoms in total. The van der Waals surface area contributed by atoms with Gasteiger partial charge in [-0.15, -0.1) is 0 Å². The number of aromatic carboxylic acids is 1. The van der Waals surface area contributed by atoms with Crippen molar-refractivity contribution in [2.45, 2.75) is 90.6 Å². The van der Waals surface area contributed by atoms with Gasteiger partial charge in [0.15, 0.2) is 0 Å². The minimum atomic E-state index is -0.808. The van der Waals surface area contributed by atoms with Crippen LogP contribution in [0.15, 0.2) is 24.3 Å². The molecule has 0 saturated heterocycles. The van der Waals surface area contributed by atoms with Crippen LogP contribution < -0.4 is 0 Å². The number of aryl methyl sites for hydroxylation is 1. The summed E-state index contributed by atoms with van der Waals surface area (Å²) in [4.78, 5) is 11.1. The van der Waals surface area contributed by atoms with Gasteiger partial charge in [-0.1, -0.05) is 82.9 Å². The minimum absolute atomic E-state index is 0.139. The van der Waals surface area contributed by atoms with Crippen molar-refractivity contribution in [2.75, 3.05) is 6.61 Å². The van der Waals surface area contributed by atoms with Gasteiger partial charge in [0.2, 0.25) is 0 Å². The average Bonchev–Trinajstić information content (AvgIpc) is 2.64. The van der Waals surface area contributed by atoms with E-state index in [1.807, 2.05) is 12.1 Å². The summed E-state index contributed by atoms with van der Waals surface area (Å²) < 4.78 is 0. The number of benzene rings is 1. The van der Waals surface area contributed by atoms with E-state index in [0.717, 1.165) is 18.4 Å². The summed E-state index contributed by atoms with van der Waals surface area (Å²) in [5, 5.41) is 25.1. The van der Waals surface area contributed by atoms with Gasteiger partial charge in [0.1, 0.15) is 0 Å². The van der Waals surface area contributed by atoms with Gasteiger partial charge in [-0.2, -0.15) is 0 Å². The molecule has 0 spiro atoms. The second kappa shape index (κ2) is 17.0. The van der Waals surface area contributed by atoms with Gasteiger partial charge in [0.05, 0.1) is 18.3 Å². The molecular formula is C22H38O4. The Balaban J connectivity index is 0.00000110. The molecule has 1 aromatic carbocycles. The van der Waals surface area contributed by atoms with Crippen LogP contribution in [0, 0.1) is 0 Å². The van der Waals surface area contributed by atoms with Gasteiger partial charge in [-0.05, 0) is 31.4 Å². The molecule has 1 unspecified atom stereocenters. The van der Waals surface area contributed by atoms with E-state index < -0.39 is 12.1 Å². The van der Waals surface area contributed by atoms with E-state index in [1.165, 1.54) is 64.7 Å². The van der Waals surface area contributed by atoms with Crippen LogP contribution in [0.25, 0.3) is 0 Å². The molecule has 1 aromatic rings. The highest BCUT2D eigenvalue weighted by molar-refractivity contribution is 5.89. The Bertz CT molecular complexity index is 457. The molecular weight excluding hydrogens is 328 g/mol. The third-order valence-electron chi connectivity index (χ3n) is 4.31. The molecule has 26 heavy (non-hydrogen) atoms. The first-order chi connectivity index (χ1) is 12.5. The summed E-state index contributed by atoms with van der Waals surface area (Å²) >= 11 is 0. The smallest absolute Gasteiger partial charge is 0.335 e. The highest BCUT2D eigenvalue weighted by atomic mass is 16.4. The zero-order valence-corrected chi connectivity index (χ0v) is 16.6. The van der Waals surface area contributed by atoms with Gasteiger partial charge in [-0.25, -0.2) is 4.79 Å². The lowest BCUT2D eigenvalue weighted by Gasteiger charge is -2.06. The van der Waals surface area contributed by atoms with Crippen LogP contribution in [0.2, 0.25) is 0 Å². The summed E-state index contributed by atoms with van der Waals surface area (Å²) in [6.45, 7) is 3.64. The van der Waals surface area contributed by atoms with E-state index in [2.05, 4.69) is 6.92 Å². The first kappa shape index (κ1) is 24.6. The SMILES string of the molecule is CC(O)CO.CCCCCCCCCCCCc1ccccc1C(=O)O. The maximum atomic E-state index is 11.1. The second-order valence-electron chi connectivity index (χ2n) is 6.93. The Morgan fingerprint density at radius 2 is 1.38 bits per heavy atom. The largest absolute Gasteiger partial charge is 0.478 e. The molecule has 0 aliphatic rings. The van der Waals surface area contributed by atoms with Crippen molar-refractivity contribution in [3.8, 4) is 0 Å². The predicted octanol–water partition coefficient (Wildman–Crippen LogP) is 5.21. The number of aliphatic hydroxyl groups excluding tert-OH is 2. The summed E-state index contributed by atoms with van der Waals surface area (Å²) in [6, 6.07) is 7.37. The number of carboxylic acid groups (broad SMARTS) is 1. The first-order valence-electron chi connectivity index (χ1n) is 10.1. The molecule has 0 saturated carbocycles. The average molecular weight is 367 g/mol. The molecule has 0 aromatic heterocycles. The summed E-state index contributed by atoms with van der Waals surface area (Å²) in [7, 11) is 0. The molecule has 0 aliphatic heterocycles. The lowest BCUT2D eigenvalue weighted by atomic mass is 10.00. The van der Waals surface area contributed by atoms with Gasteiger partial charge in [0, 0.05) is 0 Å². The Morgan fingerprint density at radius 1 is 0.923 bits per heavy atom. The first-order valence-corrected chi connectivity index (χ1v) is 10.1. The van der Waals surface area contributed by atoms with E-state index in [9.17, 15) is 4.79 Å². The van der Waals surface area contributed by atoms with E-state index >= 15 is 0 Å². The zero-order chi connectivity index (χ0) is 19.6. The third kappa shape index (κ3) is 13.9. The van der Waals surface area contributed by atoms with E-state index in [4.69, 9.17) is 15.3 Å². The van der Waals surface area contributed by atoms with Crippen molar-refractivity contribution in [1.82, 2.24) is 0 Å². The van der Waals surface area contributed by atoms with Crippen molar-refractivity contribution in [3.05, 3.63) is 35.4 Å². The van der Waals surface area contributed by atoms with Crippen molar-refractivity contribution < 1.29 is 20.1 Å². The molecule has 4 heteroatoms. The Morgan fingerprint density at radius 3 is 1.85 bits per heavy atom. The fraction of sp³-hybridized carbons (Fsp3) is 0.682. The minimum Gasteiger partial charge on any atom is -0.478 e. The molecule has 0 bridgehead atoms. The quantitative estimate of drug-likeness (QED) is 0.419. The molecule has 0 radical (unpaired) electrons. The van der Waals surface area contributed by atoms with Gasteiger partial charge < -0.3 is 15.3 Å². The van der Waals surface area contributed by atoms with Crippen LogP contribution in [0.3, 0.4) is 0 Å². The van der Waals surface area contributed by atoms with Crippen LogP contribution >= 0.6 is 0 Å². The lowest BCUT2D eigenvalue weighted by molar-refractivity contribution is 0.0695. The molecule has 1 rings (SSSR count). The number of hydrogen-bond acceptors (Lipinski definition) is 3. The Labute approximate surface area is 159 Å². The fourth-order valence-corrected chi connectivity index (χ4v) is 2.75. The molecule has 3 N–H and O–H groups in total. The molecule has 1 atom stereocenters. The zero-order valence-electron chi connectivity index (χ0n) is 16.6. The van der Waals surface area contributed by atoms with Crippen molar-refractivity contribution in [2.24, 2.45) is 0 Å². The lowest BCUT2D eigenvalue weighted by Crippen LogP contribution is -2.03. The van der Waals surface area contributed by atoms with Crippen LogP contribution in [0.4, 0.5) is 0 Å². The van der Waals surface area contributed by atoms with Crippen molar-refractivity contribution in [1.29, 1.82) is 0 Å². The predicted molar refractivity (Wildman–Crippen MR) is 108 cm³/mol. The van der Waals surface area contributed by atoms with Gasteiger partial charge >= 0.3 is 5.97 Å². The van der Waals surface area contributed by atoms with Crippen LogP contribution in [-0.2, 0) is 6.42 Å². The number of aliphatic hydroxyl groups is 2. The van der Waals surface area contributed by atoms with Crippen LogP contribution in [-0.4, -0.2) is 34.0 Å². The summed E-state index contributed by atoms with van der Waals surface area (Å²) in [5.41, 5.74) is 1.44. The highest BCUT2D eigenvalue weighted by Gasteiger charge is 2.07. The number of rotatable bonds is 13. The Kier molecular flexibility index (Phi) is 16.1. The second-order valence-corrected chi connectivity index (χ2v) is 6.93. The third-order valence-corrected chi connectivity index (χ3v) is 4.31. The Hall–Kier alpha value is -1.39. The van der Waals surface area contributed by atoms with Crippen molar-refractivity contribution >= 4 is 5.97 Å². The van der Waals surface area contributed by atoms with Crippen LogP contribution in [0.1, 0.15) is 94.0 Å².